The fourth-order valence-corrected chi connectivity index (χ4v) is 3.89. The summed E-state index contributed by atoms with van der Waals surface area (Å²) in [7, 11) is 0. The predicted molar refractivity (Wildman–Crippen MR) is 134 cm³/mol. The first kappa shape index (κ1) is 26.2. The quantitative estimate of drug-likeness (QED) is 0.291. The highest BCUT2D eigenvalue weighted by molar-refractivity contribution is 9.10. The second-order valence-electron chi connectivity index (χ2n) is 7.56. The first-order valence-electron chi connectivity index (χ1n) is 10.6. The Morgan fingerprint density at radius 1 is 0.938 bits per heavy atom. The molecule has 3 aromatic carbocycles. The van der Waals surface area contributed by atoms with Crippen molar-refractivity contribution in [1.29, 1.82) is 0 Å². The van der Waals surface area contributed by atoms with Crippen molar-refractivity contribution in [3.63, 3.8) is 0 Å². The minimum absolute atomic E-state index is 0. The molecule has 1 atom stereocenters. The van der Waals surface area contributed by atoms with Crippen LogP contribution in [0.5, 0.6) is 11.5 Å². The SMILES string of the molecule is CCOc1cc(CNC(C)CCc2ccccc2)cc(Br)c1OCc1ccc(F)cc1.Cl. The molecule has 0 saturated carbocycles. The van der Waals surface area contributed by atoms with Crippen molar-refractivity contribution in [3.8, 4) is 11.5 Å². The Labute approximate surface area is 204 Å². The van der Waals surface area contributed by atoms with E-state index in [2.05, 4.69) is 58.5 Å². The minimum atomic E-state index is -0.255. The van der Waals surface area contributed by atoms with Crippen molar-refractivity contribution in [1.82, 2.24) is 5.32 Å². The number of hydrogen-bond acceptors (Lipinski definition) is 3. The summed E-state index contributed by atoms with van der Waals surface area (Å²) in [5.74, 6) is 1.11. The molecule has 0 saturated heterocycles. The summed E-state index contributed by atoms with van der Waals surface area (Å²) in [6, 6.07) is 21.3. The summed E-state index contributed by atoms with van der Waals surface area (Å²) in [5, 5.41) is 3.60. The maximum atomic E-state index is 13.1. The summed E-state index contributed by atoms with van der Waals surface area (Å²) in [5.41, 5.74) is 3.38. The molecule has 0 bridgehead atoms. The maximum Gasteiger partial charge on any atom is 0.175 e. The van der Waals surface area contributed by atoms with E-state index in [1.165, 1.54) is 17.7 Å². The van der Waals surface area contributed by atoms with Gasteiger partial charge in [-0.2, -0.15) is 0 Å². The van der Waals surface area contributed by atoms with Gasteiger partial charge in [0.05, 0.1) is 11.1 Å². The van der Waals surface area contributed by atoms with E-state index < -0.39 is 0 Å². The third-order valence-corrected chi connectivity index (χ3v) is 5.62. The number of benzene rings is 3. The van der Waals surface area contributed by atoms with Crippen molar-refractivity contribution in [3.05, 3.63) is 93.7 Å². The van der Waals surface area contributed by atoms with Crippen LogP contribution in [0.25, 0.3) is 0 Å². The molecule has 0 aliphatic carbocycles. The van der Waals surface area contributed by atoms with Crippen molar-refractivity contribution in [2.45, 2.75) is 45.9 Å². The average molecular weight is 523 g/mol. The van der Waals surface area contributed by atoms with Crippen LogP contribution < -0.4 is 14.8 Å². The molecule has 6 heteroatoms. The van der Waals surface area contributed by atoms with Gasteiger partial charge >= 0.3 is 0 Å². The highest BCUT2D eigenvalue weighted by atomic mass is 79.9. The fraction of sp³-hybridized carbons (Fsp3) is 0.308. The second kappa shape index (κ2) is 13.5. The molecule has 0 aliphatic rings. The van der Waals surface area contributed by atoms with Crippen LogP contribution in [0.15, 0.2) is 71.2 Å². The summed E-state index contributed by atoms with van der Waals surface area (Å²) in [6.45, 7) is 5.79. The molecule has 32 heavy (non-hydrogen) atoms. The molecule has 0 aromatic heterocycles. The Morgan fingerprint density at radius 2 is 1.66 bits per heavy atom. The van der Waals surface area contributed by atoms with Crippen LogP contribution in [-0.4, -0.2) is 12.6 Å². The van der Waals surface area contributed by atoms with Gasteiger partial charge in [0, 0.05) is 12.6 Å². The van der Waals surface area contributed by atoms with Crippen LogP contribution in [0, 0.1) is 5.82 Å². The average Bonchev–Trinajstić information content (AvgIpc) is 2.78. The maximum absolute atomic E-state index is 13.1. The van der Waals surface area contributed by atoms with Crippen LogP contribution in [-0.2, 0) is 19.6 Å². The molecular weight excluding hydrogens is 493 g/mol. The molecule has 0 amide bonds. The lowest BCUT2D eigenvalue weighted by Gasteiger charge is -2.18. The molecule has 1 unspecified atom stereocenters. The second-order valence-corrected chi connectivity index (χ2v) is 8.41. The molecule has 0 radical (unpaired) electrons. The van der Waals surface area contributed by atoms with Crippen LogP contribution in [0.2, 0.25) is 0 Å². The third kappa shape index (κ3) is 8.12. The van der Waals surface area contributed by atoms with E-state index in [0.29, 0.717) is 30.8 Å². The van der Waals surface area contributed by atoms with E-state index in [4.69, 9.17) is 9.47 Å². The Balaban J connectivity index is 0.00000363. The number of halogens is 3. The lowest BCUT2D eigenvalue weighted by atomic mass is 10.1. The van der Waals surface area contributed by atoms with Gasteiger partial charge in [-0.3, -0.25) is 0 Å². The fourth-order valence-electron chi connectivity index (χ4n) is 3.28. The standard InChI is InChI=1S/C26H29BrFNO2.ClH/c1-3-30-25-16-22(17-29-19(2)9-10-20-7-5-4-6-8-20)15-24(27)26(25)31-18-21-11-13-23(28)14-12-21;/h4-8,11-16,19,29H,3,9-10,17-18H2,1-2H3;1H. The van der Waals surface area contributed by atoms with E-state index in [0.717, 1.165) is 35.0 Å². The summed E-state index contributed by atoms with van der Waals surface area (Å²) >= 11 is 3.63. The smallest absolute Gasteiger partial charge is 0.175 e. The van der Waals surface area contributed by atoms with E-state index in [-0.39, 0.29) is 18.2 Å². The van der Waals surface area contributed by atoms with Gasteiger partial charge in [0.1, 0.15) is 12.4 Å². The molecule has 0 heterocycles. The monoisotopic (exact) mass is 521 g/mol. The molecule has 0 aliphatic heterocycles. The van der Waals surface area contributed by atoms with Crippen LogP contribution in [0.3, 0.4) is 0 Å². The van der Waals surface area contributed by atoms with Crippen LogP contribution in [0.4, 0.5) is 4.39 Å². The van der Waals surface area contributed by atoms with Gasteiger partial charge in [0.15, 0.2) is 11.5 Å². The zero-order valence-corrected chi connectivity index (χ0v) is 20.8. The van der Waals surface area contributed by atoms with Gasteiger partial charge in [-0.05, 0) is 83.6 Å². The lowest BCUT2D eigenvalue weighted by Crippen LogP contribution is -2.26. The Kier molecular flexibility index (Phi) is 11.0. The van der Waals surface area contributed by atoms with Gasteiger partial charge in [-0.25, -0.2) is 4.39 Å². The van der Waals surface area contributed by atoms with Gasteiger partial charge in [-0.1, -0.05) is 42.5 Å². The van der Waals surface area contributed by atoms with Gasteiger partial charge in [0.25, 0.3) is 0 Å². The topological polar surface area (TPSA) is 30.5 Å². The first-order valence-corrected chi connectivity index (χ1v) is 11.4. The third-order valence-electron chi connectivity index (χ3n) is 5.03. The molecule has 1 N–H and O–H groups in total. The summed E-state index contributed by atoms with van der Waals surface area (Å²) in [4.78, 5) is 0. The Morgan fingerprint density at radius 3 is 2.34 bits per heavy atom. The molecular formula is C26H30BrClFNO2. The lowest BCUT2D eigenvalue weighted by molar-refractivity contribution is 0.267. The van der Waals surface area contributed by atoms with E-state index >= 15 is 0 Å². The summed E-state index contributed by atoms with van der Waals surface area (Å²) < 4.78 is 25.8. The first-order chi connectivity index (χ1) is 15.0. The van der Waals surface area contributed by atoms with Gasteiger partial charge in [0.2, 0.25) is 0 Å². The van der Waals surface area contributed by atoms with E-state index in [1.807, 2.05) is 19.1 Å². The van der Waals surface area contributed by atoms with Gasteiger partial charge in [-0.15, -0.1) is 12.4 Å². The Bertz CT molecular complexity index is 954. The number of nitrogens with one attached hydrogen (secondary N) is 1. The number of ether oxygens (including phenoxy) is 2. The molecule has 172 valence electrons. The summed E-state index contributed by atoms with van der Waals surface area (Å²) in [6.07, 6.45) is 2.13. The molecule has 0 spiro atoms. The van der Waals surface area contributed by atoms with Crippen molar-refractivity contribution in [2.75, 3.05) is 6.61 Å². The van der Waals surface area contributed by atoms with Crippen molar-refractivity contribution < 1.29 is 13.9 Å². The normalized spacial score (nSPS) is 11.5. The number of hydrogen-bond donors (Lipinski definition) is 1. The molecule has 3 nitrogen and oxygen atoms in total. The predicted octanol–water partition coefficient (Wildman–Crippen LogP) is 7.10. The Hall–Kier alpha value is -2.08. The highest BCUT2D eigenvalue weighted by Crippen LogP contribution is 2.37. The molecule has 3 rings (SSSR count). The minimum Gasteiger partial charge on any atom is -0.490 e. The van der Waals surface area contributed by atoms with Crippen LogP contribution >= 0.6 is 28.3 Å². The number of rotatable bonds is 11. The van der Waals surface area contributed by atoms with Crippen molar-refractivity contribution in [2.24, 2.45) is 0 Å². The van der Waals surface area contributed by atoms with Crippen LogP contribution in [0.1, 0.15) is 37.0 Å². The van der Waals surface area contributed by atoms with Crippen molar-refractivity contribution >= 4 is 28.3 Å². The molecule has 3 aromatic rings. The van der Waals surface area contributed by atoms with Gasteiger partial charge < -0.3 is 14.8 Å². The zero-order valence-electron chi connectivity index (χ0n) is 18.4. The van der Waals surface area contributed by atoms with E-state index in [9.17, 15) is 4.39 Å². The van der Waals surface area contributed by atoms with E-state index in [1.54, 1.807) is 12.1 Å². The highest BCUT2D eigenvalue weighted by Gasteiger charge is 2.13. The molecule has 0 fully saturated rings. The number of aryl methyl sites for hydroxylation is 1. The zero-order chi connectivity index (χ0) is 22.1. The largest absolute Gasteiger partial charge is 0.490 e.